The largest absolute Gasteiger partial charge is 0.241 e. The number of aryl methyl sites for hydroxylation is 1. The van der Waals surface area contributed by atoms with Crippen molar-refractivity contribution in [2.45, 2.75) is 12.8 Å². The highest BCUT2D eigenvalue weighted by molar-refractivity contribution is 7.13. The summed E-state index contributed by atoms with van der Waals surface area (Å²) in [6.45, 7) is 0. The Labute approximate surface area is 119 Å². The van der Waals surface area contributed by atoms with Crippen LogP contribution in [0, 0.1) is 0 Å². The number of hydrogen-bond donors (Lipinski definition) is 0. The molecule has 5 heteroatoms. The van der Waals surface area contributed by atoms with Crippen LogP contribution in [0.4, 0.5) is 0 Å². The van der Waals surface area contributed by atoms with Gasteiger partial charge in [0, 0.05) is 16.8 Å². The lowest BCUT2D eigenvalue weighted by atomic mass is 10.2. The standard InChI is InChI=1S/C12H10Cl3NS/c13-5-1-2-9-7-17-12(16-9)8-3-4-10(14)11(15)6-8/h3-4,6-7H,1-2,5H2. The van der Waals surface area contributed by atoms with Gasteiger partial charge in [0.15, 0.2) is 0 Å². The van der Waals surface area contributed by atoms with E-state index in [1.54, 1.807) is 17.4 Å². The SMILES string of the molecule is ClCCCc1csc(-c2ccc(Cl)c(Cl)c2)n1. The molecule has 0 aliphatic rings. The smallest absolute Gasteiger partial charge is 0.123 e. The molecule has 90 valence electrons. The highest BCUT2D eigenvalue weighted by Gasteiger charge is 2.06. The van der Waals surface area contributed by atoms with Crippen molar-refractivity contribution in [3.8, 4) is 10.6 Å². The van der Waals surface area contributed by atoms with E-state index in [1.165, 1.54) is 0 Å². The average Bonchev–Trinajstić information content (AvgIpc) is 2.79. The molecule has 0 fully saturated rings. The van der Waals surface area contributed by atoms with E-state index < -0.39 is 0 Å². The molecule has 2 aromatic rings. The molecule has 2 rings (SSSR count). The van der Waals surface area contributed by atoms with E-state index in [0.29, 0.717) is 15.9 Å². The normalized spacial score (nSPS) is 10.8. The number of rotatable bonds is 4. The van der Waals surface area contributed by atoms with Crippen molar-refractivity contribution >= 4 is 46.1 Å². The molecule has 1 nitrogen and oxygen atoms in total. The molecule has 1 aromatic heterocycles. The molecule has 0 aliphatic heterocycles. The number of alkyl halides is 1. The number of halogens is 3. The highest BCUT2D eigenvalue weighted by Crippen LogP contribution is 2.30. The van der Waals surface area contributed by atoms with Gasteiger partial charge in [0.25, 0.3) is 0 Å². The van der Waals surface area contributed by atoms with Crippen molar-refractivity contribution in [2.24, 2.45) is 0 Å². The zero-order valence-corrected chi connectivity index (χ0v) is 12.0. The molecule has 0 saturated heterocycles. The van der Waals surface area contributed by atoms with Crippen LogP contribution >= 0.6 is 46.1 Å². The topological polar surface area (TPSA) is 12.9 Å². The number of aromatic nitrogens is 1. The molecule has 0 aliphatic carbocycles. The summed E-state index contributed by atoms with van der Waals surface area (Å²) in [7, 11) is 0. The van der Waals surface area contributed by atoms with Gasteiger partial charge < -0.3 is 0 Å². The molecule has 17 heavy (non-hydrogen) atoms. The van der Waals surface area contributed by atoms with Gasteiger partial charge in [0.1, 0.15) is 5.01 Å². The molecule has 0 unspecified atom stereocenters. The van der Waals surface area contributed by atoms with Gasteiger partial charge in [-0.05, 0) is 25.0 Å². The Hall–Kier alpha value is -0.280. The lowest BCUT2D eigenvalue weighted by Crippen LogP contribution is -1.86. The summed E-state index contributed by atoms with van der Waals surface area (Å²) in [6.07, 6.45) is 1.87. The Bertz CT molecular complexity index is 510. The van der Waals surface area contributed by atoms with Gasteiger partial charge >= 0.3 is 0 Å². The van der Waals surface area contributed by atoms with E-state index in [2.05, 4.69) is 10.4 Å². The van der Waals surface area contributed by atoms with Gasteiger partial charge in [-0.2, -0.15) is 0 Å². The predicted octanol–water partition coefficient (Wildman–Crippen LogP) is 5.29. The van der Waals surface area contributed by atoms with Gasteiger partial charge in [0.05, 0.1) is 15.7 Å². The number of hydrogen-bond acceptors (Lipinski definition) is 2. The van der Waals surface area contributed by atoms with E-state index in [-0.39, 0.29) is 0 Å². The van der Waals surface area contributed by atoms with Crippen molar-refractivity contribution in [1.82, 2.24) is 4.98 Å². The van der Waals surface area contributed by atoms with Crippen molar-refractivity contribution < 1.29 is 0 Å². The predicted molar refractivity (Wildman–Crippen MR) is 76.6 cm³/mol. The van der Waals surface area contributed by atoms with Crippen LogP contribution in [0.5, 0.6) is 0 Å². The second kappa shape index (κ2) is 6.05. The van der Waals surface area contributed by atoms with Gasteiger partial charge in [-0.25, -0.2) is 4.98 Å². The summed E-state index contributed by atoms with van der Waals surface area (Å²) >= 11 is 19.1. The van der Waals surface area contributed by atoms with E-state index >= 15 is 0 Å². The maximum absolute atomic E-state index is 5.98. The fraction of sp³-hybridized carbons (Fsp3) is 0.250. The molecular weight excluding hydrogens is 297 g/mol. The fourth-order valence-electron chi connectivity index (χ4n) is 1.43. The Morgan fingerprint density at radius 1 is 1.18 bits per heavy atom. The molecule has 0 N–H and O–H groups in total. The summed E-state index contributed by atoms with van der Waals surface area (Å²) in [5.74, 6) is 0.666. The lowest BCUT2D eigenvalue weighted by Gasteiger charge is -1.99. The van der Waals surface area contributed by atoms with Crippen LogP contribution in [-0.2, 0) is 6.42 Å². The van der Waals surface area contributed by atoms with E-state index in [1.807, 2.05) is 12.1 Å². The van der Waals surface area contributed by atoms with Gasteiger partial charge in [-0.15, -0.1) is 22.9 Å². The summed E-state index contributed by atoms with van der Waals surface area (Å²) < 4.78 is 0. The first-order valence-electron chi connectivity index (χ1n) is 5.16. The van der Waals surface area contributed by atoms with Gasteiger partial charge in [-0.3, -0.25) is 0 Å². The summed E-state index contributed by atoms with van der Waals surface area (Å²) in [5, 5.41) is 4.15. The minimum absolute atomic E-state index is 0.557. The van der Waals surface area contributed by atoms with Crippen LogP contribution in [0.15, 0.2) is 23.6 Å². The van der Waals surface area contributed by atoms with Gasteiger partial charge in [0.2, 0.25) is 0 Å². The third-order valence-corrected chi connectivity index (χ3v) is 4.23. The lowest BCUT2D eigenvalue weighted by molar-refractivity contribution is 0.900. The summed E-state index contributed by atoms with van der Waals surface area (Å²) in [4.78, 5) is 4.55. The minimum Gasteiger partial charge on any atom is -0.241 e. The summed E-state index contributed by atoms with van der Waals surface area (Å²) in [6, 6.07) is 5.56. The van der Waals surface area contributed by atoms with Crippen molar-refractivity contribution in [3.05, 3.63) is 39.3 Å². The molecule has 0 spiro atoms. The Kier molecular flexibility index (Phi) is 4.69. The average molecular weight is 307 g/mol. The first kappa shape index (κ1) is 13.2. The molecule has 0 amide bonds. The Morgan fingerprint density at radius 3 is 2.71 bits per heavy atom. The van der Waals surface area contributed by atoms with Crippen molar-refractivity contribution in [3.63, 3.8) is 0 Å². The van der Waals surface area contributed by atoms with Crippen LogP contribution in [0.2, 0.25) is 10.0 Å². The van der Waals surface area contributed by atoms with Crippen LogP contribution < -0.4 is 0 Å². The minimum atomic E-state index is 0.557. The highest BCUT2D eigenvalue weighted by atomic mass is 35.5. The number of nitrogens with zero attached hydrogens (tertiary/aromatic N) is 1. The van der Waals surface area contributed by atoms with E-state index in [0.717, 1.165) is 29.1 Å². The first-order valence-corrected chi connectivity index (χ1v) is 7.33. The van der Waals surface area contributed by atoms with Crippen LogP contribution in [0.1, 0.15) is 12.1 Å². The quantitative estimate of drug-likeness (QED) is 0.700. The third kappa shape index (κ3) is 3.35. The number of thiazole rings is 1. The molecule has 0 atom stereocenters. The van der Waals surface area contributed by atoms with E-state index in [9.17, 15) is 0 Å². The molecule has 0 radical (unpaired) electrons. The zero-order valence-electron chi connectivity index (χ0n) is 8.92. The van der Waals surface area contributed by atoms with Crippen LogP contribution in [-0.4, -0.2) is 10.9 Å². The van der Waals surface area contributed by atoms with Crippen molar-refractivity contribution in [1.29, 1.82) is 0 Å². The Balaban J connectivity index is 2.21. The molecule has 0 saturated carbocycles. The zero-order chi connectivity index (χ0) is 12.3. The number of benzene rings is 1. The van der Waals surface area contributed by atoms with Crippen LogP contribution in [0.25, 0.3) is 10.6 Å². The molecule has 0 bridgehead atoms. The maximum atomic E-state index is 5.98. The second-order valence-electron chi connectivity index (χ2n) is 3.57. The van der Waals surface area contributed by atoms with Gasteiger partial charge in [-0.1, -0.05) is 29.3 Å². The maximum Gasteiger partial charge on any atom is 0.123 e. The summed E-state index contributed by atoms with van der Waals surface area (Å²) in [5.41, 5.74) is 2.08. The van der Waals surface area contributed by atoms with E-state index in [4.69, 9.17) is 34.8 Å². The first-order chi connectivity index (χ1) is 8.20. The fourth-order valence-corrected chi connectivity index (χ4v) is 2.71. The Morgan fingerprint density at radius 2 is 2.00 bits per heavy atom. The van der Waals surface area contributed by atoms with Crippen LogP contribution in [0.3, 0.4) is 0 Å². The van der Waals surface area contributed by atoms with Crippen molar-refractivity contribution in [2.75, 3.05) is 5.88 Å². The second-order valence-corrected chi connectivity index (χ2v) is 5.62. The molecule has 1 aromatic carbocycles. The molecule has 1 heterocycles. The third-order valence-electron chi connectivity index (χ3n) is 2.28. The monoisotopic (exact) mass is 305 g/mol. The molecular formula is C12H10Cl3NS.